The maximum absolute atomic E-state index is 11.2. The second kappa shape index (κ2) is 4.22. The van der Waals surface area contributed by atoms with E-state index in [0.29, 0.717) is 11.3 Å². The first-order chi connectivity index (χ1) is 6.61. The molecule has 0 amide bonds. The molecule has 0 radical (unpaired) electrons. The molecule has 0 aliphatic heterocycles. The number of nitrogens with zero attached hydrogens (tertiary/aromatic N) is 1. The summed E-state index contributed by atoms with van der Waals surface area (Å²) < 4.78 is 1.82. The molecule has 1 aromatic rings. The van der Waals surface area contributed by atoms with Crippen molar-refractivity contribution in [2.75, 3.05) is 0 Å². The quantitative estimate of drug-likeness (QED) is 0.542. The lowest BCUT2D eigenvalue weighted by Crippen LogP contribution is -2.05. The van der Waals surface area contributed by atoms with Crippen LogP contribution in [0.2, 0.25) is 0 Å². The van der Waals surface area contributed by atoms with Crippen LogP contribution in [0.5, 0.6) is 0 Å². The summed E-state index contributed by atoms with van der Waals surface area (Å²) in [4.78, 5) is 22.0. The minimum Gasteiger partial charge on any atom is -0.345 e. The average Bonchev–Trinajstić information content (AvgIpc) is 2.45. The van der Waals surface area contributed by atoms with Crippen LogP contribution < -0.4 is 0 Å². The van der Waals surface area contributed by atoms with Gasteiger partial charge in [0.25, 0.3) is 0 Å². The summed E-state index contributed by atoms with van der Waals surface area (Å²) in [6.07, 6.45) is 2.62. The van der Waals surface area contributed by atoms with Crippen molar-refractivity contribution < 1.29 is 9.59 Å². The Bertz CT molecular complexity index is 364. The normalized spacial score (nSPS) is 10.2. The Morgan fingerprint density at radius 1 is 1.57 bits per heavy atom. The van der Waals surface area contributed by atoms with Crippen molar-refractivity contribution in [1.29, 1.82) is 0 Å². The van der Waals surface area contributed by atoms with E-state index in [9.17, 15) is 9.59 Å². The minimum absolute atomic E-state index is 0.00190. The summed E-state index contributed by atoms with van der Waals surface area (Å²) >= 11 is 0. The van der Waals surface area contributed by atoms with Crippen LogP contribution in [0.15, 0.2) is 6.07 Å². The SMILES string of the molecule is CCCc1c(C=O)cc(C(C)=O)n1C. The maximum Gasteiger partial charge on any atom is 0.176 e. The Morgan fingerprint density at radius 2 is 2.21 bits per heavy atom. The molecule has 0 spiro atoms. The highest BCUT2D eigenvalue weighted by Crippen LogP contribution is 2.15. The lowest BCUT2D eigenvalue weighted by Gasteiger charge is -2.04. The summed E-state index contributed by atoms with van der Waals surface area (Å²) in [7, 11) is 1.83. The second-order valence-electron chi connectivity index (χ2n) is 3.41. The Morgan fingerprint density at radius 3 is 2.64 bits per heavy atom. The summed E-state index contributed by atoms with van der Waals surface area (Å²) in [5, 5.41) is 0. The van der Waals surface area contributed by atoms with Gasteiger partial charge in [-0.15, -0.1) is 0 Å². The fourth-order valence-corrected chi connectivity index (χ4v) is 1.66. The van der Waals surface area contributed by atoms with Crippen LogP contribution in [0, 0.1) is 0 Å². The van der Waals surface area contributed by atoms with Gasteiger partial charge in [-0.05, 0) is 12.5 Å². The molecule has 1 aromatic heterocycles. The first-order valence-electron chi connectivity index (χ1n) is 4.76. The third-order valence-corrected chi connectivity index (χ3v) is 2.37. The van der Waals surface area contributed by atoms with Crippen LogP contribution >= 0.6 is 0 Å². The molecule has 0 aliphatic carbocycles. The number of rotatable bonds is 4. The number of carbonyl (C=O) groups excluding carboxylic acids is 2. The first kappa shape index (κ1) is 10.7. The predicted molar refractivity (Wildman–Crippen MR) is 54.8 cm³/mol. The van der Waals surface area contributed by atoms with E-state index in [-0.39, 0.29) is 5.78 Å². The van der Waals surface area contributed by atoms with E-state index in [1.807, 2.05) is 11.6 Å². The summed E-state index contributed by atoms with van der Waals surface area (Å²) in [5.74, 6) is -0.00190. The van der Waals surface area contributed by atoms with Gasteiger partial charge in [0.15, 0.2) is 12.1 Å². The highest BCUT2D eigenvalue weighted by molar-refractivity contribution is 5.95. The average molecular weight is 193 g/mol. The summed E-state index contributed by atoms with van der Waals surface area (Å²) in [6.45, 7) is 3.56. The fourth-order valence-electron chi connectivity index (χ4n) is 1.66. The van der Waals surface area contributed by atoms with Gasteiger partial charge in [0.2, 0.25) is 0 Å². The Labute approximate surface area is 83.7 Å². The second-order valence-corrected chi connectivity index (χ2v) is 3.41. The van der Waals surface area contributed by atoms with Crippen molar-refractivity contribution in [3.63, 3.8) is 0 Å². The number of aldehydes is 1. The molecule has 3 nitrogen and oxygen atoms in total. The molecule has 0 aliphatic rings. The van der Waals surface area contributed by atoms with Crippen molar-refractivity contribution in [2.24, 2.45) is 7.05 Å². The number of Topliss-reactive ketones (excluding diaryl/α,β-unsaturated/α-hetero) is 1. The van der Waals surface area contributed by atoms with Crippen LogP contribution in [0.1, 0.15) is 46.8 Å². The highest BCUT2D eigenvalue weighted by Gasteiger charge is 2.13. The fraction of sp³-hybridized carbons (Fsp3) is 0.455. The van der Waals surface area contributed by atoms with Gasteiger partial charge in [-0.2, -0.15) is 0 Å². The largest absolute Gasteiger partial charge is 0.345 e. The zero-order chi connectivity index (χ0) is 10.7. The van der Waals surface area contributed by atoms with E-state index < -0.39 is 0 Å². The van der Waals surface area contributed by atoms with Gasteiger partial charge in [-0.1, -0.05) is 13.3 Å². The molecular formula is C11H15NO2. The number of carbonyl (C=O) groups is 2. The van der Waals surface area contributed by atoms with Gasteiger partial charge in [0.1, 0.15) is 0 Å². The molecule has 0 aromatic carbocycles. The van der Waals surface area contributed by atoms with Crippen molar-refractivity contribution in [3.8, 4) is 0 Å². The number of aromatic nitrogens is 1. The van der Waals surface area contributed by atoms with Crippen LogP contribution in [0.4, 0.5) is 0 Å². The van der Waals surface area contributed by atoms with E-state index in [2.05, 4.69) is 6.92 Å². The molecule has 76 valence electrons. The Hall–Kier alpha value is -1.38. The lowest BCUT2D eigenvalue weighted by molar-refractivity contribution is 0.100. The van der Waals surface area contributed by atoms with Gasteiger partial charge in [0.05, 0.1) is 5.69 Å². The van der Waals surface area contributed by atoms with Crippen LogP contribution in [-0.4, -0.2) is 16.6 Å². The van der Waals surface area contributed by atoms with E-state index in [4.69, 9.17) is 0 Å². The molecule has 1 rings (SSSR count). The van der Waals surface area contributed by atoms with Crippen molar-refractivity contribution in [2.45, 2.75) is 26.7 Å². The topological polar surface area (TPSA) is 39.1 Å². The van der Waals surface area contributed by atoms with Crippen molar-refractivity contribution in [3.05, 3.63) is 23.0 Å². The number of ketones is 1. The molecule has 0 unspecified atom stereocenters. The van der Waals surface area contributed by atoms with Gasteiger partial charge < -0.3 is 4.57 Å². The van der Waals surface area contributed by atoms with Gasteiger partial charge in [-0.3, -0.25) is 9.59 Å². The van der Waals surface area contributed by atoms with Gasteiger partial charge in [0, 0.05) is 25.2 Å². The zero-order valence-electron chi connectivity index (χ0n) is 8.83. The van der Waals surface area contributed by atoms with Crippen molar-refractivity contribution in [1.82, 2.24) is 4.57 Å². The highest BCUT2D eigenvalue weighted by atomic mass is 16.1. The summed E-state index contributed by atoms with van der Waals surface area (Å²) in [5.41, 5.74) is 2.20. The van der Waals surface area contributed by atoms with Crippen LogP contribution in [0.3, 0.4) is 0 Å². The number of hydrogen-bond acceptors (Lipinski definition) is 2. The smallest absolute Gasteiger partial charge is 0.176 e. The van der Waals surface area contributed by atoms with Crippen molar-refractivity contribution >= 4 is 12.1 Å². The maximum atomic E-state index is 11.2. The molecule has 0 fully saturated rings. The zero-order valence-corrected chi connectivity index (χ0v) is 8.83. The van der Waals surface area contributed by atoms with Crippen LogP contribution in [0.25, 0.3) is 0 Å². The molecule has 14 heavy (non-hydrogen) atoms. The first-order valence-corrected chi connectivity index (χ1v) is 4.76. The molecule has 1 heterocycles. The monoisotopic (exact) mass is 193 g/mol. The Balaban J connectivity index is 3.24. The van der Waals surface area contributed by atoms with Gasteiger partial charge >= 0.3 is 0 Å². The lowest BCUT2D eigenvalue weighted by atomic mass is 10.2. The standard InChI is InChI=1S/C11H15NO2/c1-4-5-10-9(7-13)6-11(8(2)14)12(10)3/h6-7H,4-5H2,1-3H3. The molecular weight excluding hydrogens is 178 g/mol. The van der Waals surface area contributed by atoms with Gasteiger partial charge in [-0.25, -0.2) is 0 Å². The summed E-state index contributed by atoms with van der Waals surface area (Å²) in [6, 6.07) is 1.67. The molecule has 0 bridgehead atoms. The minimum atomic E-state index is -0.00190. The van der Waals surface area contributed by atoms with E-state index >= 15 is 0 Å². The molecule has 0 N–H and O–H groups in total. The van der Waals surface area contributed by atoms with Crippen LogP contribution in [-0.2, 0) is 13.5 Å². The third kappa shape index (κ3) is 1.76. The molecule has 0 atom stereocenters. The van der Waals surface area contributed by atoms with E-state index in [0.717, 1.165) is 24.8 Å². The molecule has 0 saturated heterocycles. The molecule has 3 heteroatoms. The molecule has 0 saturated carbocycles. The number of hydrogen-bond donors (Lipinski definition) is 0. The van der Waals surface area contributed by atoms with E-state index in [1.54, 1.807) is 6.07 Å². The third-order valence-electron chi connectivity index (χ3n) is 2.37. The van der Waals surface area contributed by atoms with E-state index in [1.165, 1.54) is 6.92 Å². The Kier molecular flexibility index (Phi) is 3.23. The predicted octanol–water partition coefficient (Wildman–Crippen LogP) is 1.99.